The first-order valence-electron chi connectivity index (χ1n) is 7.84. The van der Waals surface area contributed by atoms with Gasteiger partial charge >= 0.3 is 0 Å². The molecular formula is C18H21N3O2. The maximum absolute atomic E-state index is 10.9. The van der Waals surface area contributed by atoms with E-state index >= 15 is 0 Å². The lowest BCUT2D eigenvalue weighted by molar-refractivity contribution is 0.113. The second kappa shape index (κ2) is 5.15. The van der Waals surface area contributed by atoms with Crippen molar-refractivity contribution in [2.24, 2.45) is 5.92 Å². The van der Waals surface area contributed by atoms with E-state index in [2.05, 4.69) is 20.8 Å². The van der Waals surface area contributed by atoms with Crippen LogP contribution in [0.5, 0.6) is 5.75 Å². The first kappa shape index (κ1) is 15.6. The highest BCUT2D eigenvalue weighted by atomic mass is 16.5. The molecule has 120 valence electrons. The number of nitrogens with zero attached hydrogens (tertiary/aromatic N) is 3. The second-order valence-electron chi connectivity index (χ2n) is 7.12. The zero-order valence-corrected chi connectivity index (χ0v) is 13.9. The van der Waals surface area contributed by atoms with E-state index in [-0.39, 0.29) is 5.54 Å². The van der Waals surface area contributed by atoms with Gasteiger partial charge in [0.1, 0.15) is 17.9 Å². The standard InChI is InChI=1S/C18H21N3O2/c1-10-7-18(2,3)21-16-13(10)5-12(23-4)6-14(16)15(17(21)22)11(8-19)9-20/h5-6,10-11,15,17,22H,7H2,1-4H3/t10-,15-,17-/m0/s1. The SMILES string of the molecule is COc1cc2c3c(c1)[C@@H](C)CC(C)(C)N3[C@@H](O)[C@H]2C(C#N)C#N. The number of anilines is 1. The Labute approximate surface area is 136 Å². The molecule has 0 fully saturated rings. The van der Waals surface area contributed by atoms with E-state index < -0.39 is 18.1 Å². The summed E-state index contributed by atoms with van der Waals surface area (Å²) in [7, 11) is 1.61. The van der Waals surface area contributed by atoms with Crippen LogP contribution >= 0.6 is 0 Å². The van der Waals surface area contributed by atoms with Gasteiger partial charge in [-0.25, -0.2) is 0 Å². The van der Waals surface area contributed by atoms with Crippen molar-refractivity contribution >= 4 is 5.69 Å². The summed E-state index contributed by atoms with van der Waals surface area (Å²) in [6, 6.07) is 7.95. The van der Waals surface area contributed by atoms with Crippen LogP contribution < -0.4 is 9.64 Å². The molecule has 1 aromatic carbocycles. The molecule has 0 aliphatic carbocycles. The van der Waals surface area contributed by atoms with Gasteiger partial charge in [-0.3, -0.25) is 0 Å². The summed E-state index contributed by atoms with van der Waals surface area (Å²) in [4.78, 5) is 1.99. The number of hydrogen-bond donors (Lipinski definition) is 1. The summed E-state index contributed by atoms with van der Waals surface area (Å²) >= 11 is 0. The fourth-order valence-electron chi connectivity index (χ4n) is 4.29. The van der Waals surface area contributed by atoms with Crippen LogP contribution in [-0.4, -0.2) is 24.0 Å². The molecule has 0 saturated carbocycles. The molecule has 3 rings (SSSR count). The van der Waals surface area contributed by atoms with Gasteiger partial charge in [-0.2, -0.15) is 10.5 Å². The van der Waals surface area contributed by atoms with Crippen LogP contribution in [0.25, 0.3) is 0 Å². The normalized spacial score (nSPS) is 27.3. The van der Waals surface area contributed by atoms with E-state index in [0.29, 0.717) is 11.7 Å². The molecule has 0 aromatic heterocycles. The topological polar surface area (TPSA) is 80.3 Å². The number of aliphatic hydroxyl groups excluding tert-OH is 1. The number of nitriles is 2. The lowest BCUT2D eigenvalue weighted by Gasteiger charge is -2.47. The van der Waals surface area contributed by atoms with Crippen LogP contribution in [0.4, 0.5) is 5.69 Å². The fraction of sp³-hybridized carbons (Fsp3) is 0.556. The first-order valence-corrected chi connectivity index (χ1v) is 7.84. The molecule has 0 saturated heterocycles. The van der Waals surface area contributed by atoms with E-state index in [0.717, 1.165) is 23.2 Å². The van der Waals surface area contributed by atoms with E-state index in [1.54, 1.807) is 7.11 Å². The van der Waals surface area contributed by atoms with Gasteiger partial charge in [-0.1, -0.05) is 6.92 Å². The number of ether oxygens (including phenoxy) is 1. The number of methoxy groups -OCH3 is 1. The van der Waals surface area contributed by atoms with E-state index in [9.17, 15) is 15.6 Å². The zero-order valence-electron chi connectivity index (χ0n) is 13.9. The molecule has 5 nitrogen and oxygen atoms in total. The Morgan fingerprint density at radius 2 is 1.91 bits per heavy atom. The van der Waals surface area contributed by atoms with Crippen molar-refractivity contribution in [3.63, 3.8) is 0 Å². The van der Waals surface area contributed by atoms with Crippen molar-refractivity contribution < 1.29 is 9.84 Å². The maximum Gasteiger partial charge on any atom is 0.144 e. The Bertz CT molecular complexity index is 715. The van der Waals surface area contributed by atoms with Crippen molar-refractivity contribution in [1.82, 2.24) is 0 Å². The average molecular weight is 311 g/mol. The molecule has 3 atom stereocenters. The Morgan fingerprint density at radius 3 is 2.48 bits per heavy atom. The zero-order chi connectivity index (χ0) is 16.9. The first-order chi connectivity index (χ1) is 10.9. The Kier molecular flexibility index (Phi) is 3.50. The maximum atomic E-state index is 10.9. The lowest BCUT2D eigenvalue weighted by Crippen LogP contribution is -2.52. The molecule has 2 heterocycles. The Morgan fingerprint density at radius 1 is 1.30 bits per heavy atom. The summed E-state index contributed by atoms with van der Waals surface area (Å²) < 4.78 is 5.41. The molecule has 1 N–H and O–H groups in total. The van der Waals surface area contributed by atoms with Gasteiger partial charge < -0.3 is 14.7 Å². The third-order valence-electron chi connectivity index (χ3n) is 5.19. The van der Waals surface area contributed by atoms with Gasteiger partial charge in [0.05, 0.1) is 25.2 Å². The monoisotopic (exact) mass is 311 g/mol. The summed E-state index contributed by atoms with van der Waals surface area (Å²) in [6.07, 6.45) is 0.0165. The molecule has 2 aliphatic rings. The van der Waals surface area contributed by atoms with Gasteiger partial charge in [0.2, 0.25) is 0 Å². The van der Waals surface area contributed by atoms with Gasteiger partial charge in [0.25, 0.3) is 0 Å². The number of rotatable bonds is 2. The van der Waals surface area contributed by atoms with Gasteiger partial charge in [-0.05, 0) is 49.4 Å². The van der Waals surface area contributed by atoms with Crippen molar-refractivity contribution in [3.05, 3.63) is 23.3 Å². The van der Waals surface area contributed by atoms with Crippen LogP contribution in [0.3, 0.4) is 0 Å². The van der Waals surface area contributed by atoms with Crippen LogP contribution in [0, 0.1) is 28.6 Å². The van der Waals surface area contributed by atoms with E-state index in [1.807, 2.05) is 29.2 Å². The molecule has 1 aromatic rings. The van der Waals surface area contributed by atoms with Gasteiger partial charge in [0.15, 0.2) is 0 Å². The summed E-state index contributed by atoms with van der Waals surface area (Å²) in [5.74, 6) is -0.408. The Hall–Kier alpha value is -2.24. The van der Waals surface area contributed by atoms with E-state index in [4.69, 9.17) is 4.74 Å². The fourth-order valence-corrected chi connectivity index (χ4v) is 4.29. The Balaban J connectivity index is 2.29. The molecule has 0 spiro atoms. The molecule has 5 heteroatoms. The molecule has 23 heavy (non-hydrogen) atoms. The third kappa shape index (κ3) is 2.08. The largest absolute Gasteiger partial charge is 0.497 e. The minimum atomic E-state index is -0.891. The van der Waals surface area contributed by atoms with Gasteiger partial charge in [0, 0.05) is 11.2 Å². The number of hydrogen-bond acceptors (Lipinski definition) is 5. The molecule has 2 aliphatic heterocycles. The van der Waals surface area contributed by atoms with Crippen LogP contribution in [0.2, 0.25) is 0 Å². The summed E-state index contributed by atoms with van der Waals surface area (Å²) in [5.41, 5.74) is 2.70. The van der Waals surface area contributed by atoms with Crippen LogP contribution in [0.15, 0.2) is 12.1 Å². The molecule has 0 bridgehead atoms. The van der Waals surface area contributed by atoms with Crippen LogP contribution in [0.1, 0.15) is 50.2 Å². The van der Waals surface area contributed by atoms with Gasteiger partial charge in [-0.15, -0.1) is 0 Å². The predicted molar refractivity (Wildman–Crippen MR) is 86.0 cm³/mol. The smallest absolute Gasteiger partial charge is 0.144 e. The van der Waals surface area contributed by atoms with Crippen molar-refractivity contribution in [1.29, 1.82) is 10.5 Å². The minimum absolute atomic E-state index is 0.237. The molecular weight excluding hydrogens is 290 g/mol. The highest BCUT2D eigenvalue weighted by Crippen LogP contribution is 2.56. The second-order valence-corrected chi connectivity index (χ2v) is 7.12. The molecule has 0 radical (unpaired) electrons. The van der Waals surface area contributed by atoms with Crippen molar-refractivity contribution in [2.75, 3.05) is 12.0 Å². The minimum Gasteiger partial charge on any atom is -0.497 e. The number of benzene rings is 1. The third-order valence-corrected chi connectivity index (χ3v) is 5.19. The summed E-state index contributed by atoms with van der Waals surface area (Å²) in [6.45, 7) is 6.36. The highest BCUT2D eigenvalue weighted by Gasteiger charge is 2.51. The predicted octanol–water partition coefficient (Wildman–Crippen LogP) is 2.87. The highest BCUT2D eigenvalue weighted by molar-refractivity contribution is 5.72. The van der Waals surface area contributed by atoms with Crippen molar-refractivity contribution in [2.45, 2.75) is 50.8 Å². The molecule has 0 unspecified atom stereocenters. The lowest BCUT2D eigenvalue weighted by atomic mass is 9.80. The quantitative estimate of drug-likeness (QED) is 0.908. The summed E-state index contributed by atoms with van der Waals surface area (Å²) in [5, 5.41) is 29.6. The molecule has 0 amide bonds. The number of aliphatic hydroxyl groups is 1. The van der Waals surface area contributed by atoms with Crippen LogP contribution in [-0.2, 0) is 0 Å². The van der Waals surface area contributed by atoms with E-state index in [1.165, 1.54) is 0 Å². The average Bonchev–Trinajstić information content (AvgIpc) is 2.80. The van der Waals surface area contributed by atoms with Crippen molar-refractivity contribution in [3.8, 4) is 17.9 Å².